The van der Waals surface area contributed by atoms with E-state index in [2.05, 4.69) is 27.9 Å². The van der Waals surface area contributed by atoms with Gasteiger partial charge in [-0.1, -0.05) is 36.4 Å². The van der Waals surface area contributed by atoms with Crippen LogP contribution in [0.2, 0.25) is 0 Å². The summed E-state index contributed by atoms with van der Waals surface area (Å²) >= 11 is 0. The van der Waals surface area contributed by atoms with Gasteiger partial charge in [-0.3, -0.25) is 14.7 Å². The molecular formula is C26H26FN3O. The zero-order chi connectivity index (χ0) is 21.4. The van der Waals surface area contributed by atoms with Crippen molar-refractivity contribution in [2.24, 2.45) is 11.8 Å². The molecule has 1 N–H and O–H groups in total. The summed E-state index contributed by atoms with van der Waals surface area (Å²) in [6, 6.07) is 16.0. The molecule has 5 atom stereocenters. The number of hydrogen-bond acceptors (Lipinski definition) is 3. The fourth-order valence-electron chi connectivity index (χ4n) is 5.36. The number of pyridine rings is 1. The minimum absolute atomic E-state index is 0.0748. The summed E-state index contributed by atoms with van der Waals surface area (Å²) in [5.41, 5.74) is 2.00. The number of halogens is 1. The first kappa shape index (κ1) is 19.9. The molecule has 2 aromatic carbocycles. The summed E-state index contributed by atoms with van der Waals surface area (Å²) in [4.78, 5) is 20.1. The molecule has 1 unspecified atom stereocenters. The summed E-state index contributed by atoms with van der Waals surface area (Å²) in [7, 11) is 0. The third kappa shape index (κ3) is 3.63. The van der Waals surface area contributed by atoms with E-state index in [1.165, 1.54) is 12.1 Å². The van der Waals surface area contributed by atoms with Gasteiger partial charge in [0.15, 0.2) is 0 Å². The van der Waals surface area contributed by atoms with E-state index in [1.54, 1.807) is 18.3 Å². The molecule has 0 aliphatic carbocycles. The summed E-state index contributed by atoms with van der Waals surface area (Å²) in [5.74, 6) is 0.165. The Bertz CT molecular complexity index is 1130. The number of nitrogens with zero attached hydrogens (tertiary/aromatic N) is 2. The summed E-state index contributed by atoms with van der Waals surface area (Å²) in [6.07, 6.45) is 6.00. The Morgan fingerprint density at radius 2 is 2.00 bits per heavy atom. The molecule has 158 valence electrons. The van der Waals surface area contributed by atoms with Crippen molar-refractivity contribution in [1.29, 1.82) is 0 Å². The number of nitrogens with one attached hydrogen (secondary N) is 1. The lowest BCUT2D eigenvalue weighted by Crippen LogP contribution is -2.57. The first-order chi connectivity index (χ1) is 15.2. The van der Waals surface area contributed by atoms with Crippen LogP contribution in [-0.2, 0) is 0 Å². The van der Waals surface area contributed by atoms with Gasteiger partial charge < -0.3 is 5.32 Å². The monoisotopic (exact) mass is 415 g/mol. The van der Waals surface area contributed by atoms with Crippen LogP contribution in [0.15, 0.2) is 73.4 Å². The van der Waals surface area contributed by atoms with Crippen molar-refractivity contribution < 1.29 is 9.18 Å². The van der Waals surface area contributed by atoms with Crippen LogP contribution in [0.3, 0.4) is 0 Å². The fraction of sp³-hybridized carbons (Fsp3) is 0.308. The SMILES string of the molecule is C=C[C@H]1CN2CC[C@H]1C[C@@H]2[C@H](NC(=O)c1ccccc1F)c1ccnc2ccccc12. The molecule has 6 rings (SSSR count). The number of benzene rings is 2. The predicted molar refractivity (Wildman–Crippen MR) is 120 cm³/mol. The van der Waals surface area contributed by atoms with Crippen molar-refractivity contribution in [3.63, 3.8) is 0 Å². The van der Waals surface area contributed by atoms with Crippen molar-refractivity contribution >= 4 is 16.8 Å². The van der Waals surface area contributed by atoms with Crippen LogP contribution in [0.1, 0.15) is 34.8 Å². The van der Waals surface area contributed by atoms with E-state index in [0.29, 0.717) is 11.8 Å². The molecule has 0 radical (unpaired) electrons. The summed E-state index contributed by atoms with van der Waals surface area (Å²) in [6.45, 7) is 5.98. The topological polar surface area (TPSA) is 45.2 Å². The Hall–Kier alpha value is -3.05. The maximum atomic E-state index is 14.3. The number of fused-ring (bicyclic) bond motifs is 4. The highest BCUT2D eigenvalue weighted by Crippen LogP contribution is 2.42. The number of carbonyl (C=O) groups excluding carboxylic acids is 1. The van der Waals surface area contributed by atoms with Crippen LogP contribution in [0.4, 0.5) is 4.39 Å². The largest absolute Gasteiger partial charge is 0.344 e. The van der Waals surface area contributed by atoms with Gasteiger partial charge in [-0.2, -0.15) is 0 Å². The van der Waals surface area contributed by atoms with Crippen molar-refractivity contribution in [2.75, 3.05) is 13.1 Å². The molecular weight excluding hydrogens is 389 g/mol. The number of para-hydroxylation sites is 1. The van der Waals surface area contributed by atoms with Gasteiger partial charge in [-0.15, -0.1) is 6.58 Å². The van der Waals surface area contributed by atoms with Gasteiger partial charge in [0.1, 0.15) is 5.82 Å². The average molecular weight is 416 g/mol. The number of hydrogen-bond donors (Lipinski definition) is 1. The van der Waals surface area contributed by atoms with Gasteiger partial charge in [0.2, 0.25) is 0 Å². The molecule has 3 aliphatic rings. The second-order valence-corrected chi connectivity index (χ2v) is 8.59. The van der Waals surface area contributed by atoms with Gasteiger partial charge in [-0.25, -0.2) is 4.39 Å². The molecule has 3 aliphatic heterocycles. The van der Waals surface area contributed by atoms with E-state index in [1.807, 2.05) is 30.3 Å². The lowest BCUT2D eigenvalue weighted by Gasteiger charge is -2.51. The first-order valence-corrected chi connectivity index (χ1v) is 10.9. The van der Waals surface area contributed by atoms with Gasteiger partial charge in [0.05, 0.1) is 17.1 Å². The Morgan fingerprint density at radius 1 is 1.19 bits per heavy atom. The average Bonchev–Trinajstić information content (AvgIpc) is 2.82. The van der Waals surface area contributed by atoms with Crippen LogP contribution in [0.5, 0.6) is 0 Å². The molecule has 3 fully saturated rings. The molecule has 2 bridgehead atoms. The number of piperidine rings is 3. The van der Waals surface area contributed by atoms with E-state index in [4.69, 9.17) is 0 Å². The molecule has 0 spiro atoms. The van der Waals surface area contributed by atoms with Crippen molar-refractivity contribution in [1.82, 2.24) is 15.2 Å². The van der Waals surface area contributed by atoms with Crippen LogP contribution in [0.25, 0.3) is 10.9 Å². The van der Waals surface area contributed by atoms with Gasteiger partial charge in [0.25, 0.3) is 5.91 Å². The Morgan fingerprint density at radius 3 is 2.77 bits per heavy atom. The standard InChI is InChI=1S/C26H26FN3O/c1-2-17-16-30-14-12-18(17)15-24(30)25(29-26(31)21-8-3-5-9-22(21)27)20-11-13-28-23-10-6-4-7-19(20)23/h2-11,13,17-18,24-25H,1,12,14-16H2,(H,29,31)/t17-,18-,24+,25+/m0/s1. The number of aromatic nitrogens is 1. The molecule has 0 saturated carbocycles. The van der Waals surface area contributed by atoms with Crippen LogP contribution >= 0.6 is 0 Å². The van der Waals surface area contributed by atoms with E-state index < -0.39 is 5.82 Å². The highest BCUT2D eigenvalue weighted by Gasteiger charge is 2.43. The molecule has 31 heavy (non-hydrogen) atoms. The molecule has 1 amide bonds. The third-order valence-corrected chi connectivity index (χ3v) is 6.96. The number of amides is 1. The van der Waals surface area contributed by atoms with Crippen molar-refractivity contribution in [2.45, 2.75) is 24.9 Å². The molecule has 4 heterocycles. The maximum absolute atomic E-state index is 14.3. The molecule has 5 heteroatoms. The van der Waals surface area contributed by atoms with Gasteiger partial charge >= 0.3 is 0 Å². The summed E-state index contributed by atoms with van der Waals surface area (Å²) < 4.78 is 14.3. The van der Waals surface area contributed by atoms with E-state index in [9.17, 15) is 9.18 Å². The summed E-state index contributed by atoms with van der Waals surface area (Å²) in [5, 5.41) is 4.22. The molecule has 4 nitrogen and oxygen atoms in total. The molecule has 3 saturated heterocycles. The maximum Gasteiger partial charge on any atom is 0.254 e. The zero-order valence-electron chi connectivity index (χ0n) is 17.4. The third-order valence-electron chi connectivity index (χ3n) is 6.96. The van der Waals surface area contributed by atoms with Crippen molar-refractivity contribution in [3.8, 4) is 0 Å². The highest BCUT2D eigenvalue weighted by molar-refractivity contribution is 5.95. The Kier molecular flexibility index (Phi) is 5.28. The smallest absolute Gasteiger partial charge is 0.254 e. The lowest BCUT2D eigenvalue weighted by atomic mass is 9.73. The van der Waals surface area contributed by atoms with E-state index in [0.717, 1.165) is 42.4 Å². The second kappa shape index (κ2) is 8.23. The highest BCUT2D eigenvalue weighted by atomic mass is 19.1. The van der Waals surface area contributed by atoms with E-state index in [-0.39, 0.29) is 23.6 Å². The quantitative estimate of drug-likeness (QED) is 0.612. The minimum atomic E-state index is -0.504. The zero-order valence-corrected chi connectivity index (χ0v) is 17.4. The van der Waals surface area contributed by atoms with Crippen molar-refractivity contribution in [3.05, 3.63) is 90.4 Å². The second-order valence-electron chi connectivity index (χ2n) is 8.59. The molecule has 1 aromatic heterocycles. The van der Waals surface area contributed by atoms with Crippen LogP contribution in [-0.4, -0.2) is 34.9 Å². The predicted octanol–water partition coefficient (Wildman–Crippen LogP) is 4.74. The normalized spacial score (nSPS) is 25.8. The fourth-order valence-corrected chi connectivity index (χ4v) is 5.36. The van der Waals surface area contributed by atoms with Gasteiger partial charge in [0, 0.05) is 24.2 Å². The number of rotatable bonds is 5. The first-order valence-electron chi connectivity index (χ1n) is 10.9. The number of carbonyl (C=O) groups is 1. The Labute approximate surface area is 181 Å². The minimum Gasteiger partial charge on any atom is -0.344 e. The lowest BCUT2D eigenvalue weighted by molar-refractivity contribution is 0.00168. The molecule has 3 aromatic rings. The Balaban J connectivity index is 1.55. The van der Waals surface area contributed by atoms with Gasteiger partial charge in [-0.05, 0) is 61.1 Å². The van der Waals surface area contributed by atoms with Crippen LogP contribution in [0, 0.1) is 17.7 Å². The van der Waals surface area contributed by atoms with E-state index >= 15 is 0 Å². The van der Waals surface area contributed by atoms with Crippen LogP contribution < -0.4 is 5.32 Å².